The molecule has 1 aliphatic rings. The molecular weight excluding hydrogens is 394 g/mol. The molecule has 4 rings (SSSR count). The van der Waals surface area contributed by atoms with Crippen LogP contribution in [-0.4, -0.2) is 28.5 Å². The number of pyridine rings is 2. The Balaban J connectivity index is 1.90. The van der Waals surface area contributed by atoms with Crippen molar-refractivity contribution in [3.8, 4) is 17.0 Å². The van der Waals surface area contributed by atoms with Crippen molar-refractivity contribution in [2.24, 2.45) is 11.7 Å². The van der Waals surface area contributed by atoms with E-state index in [-0.39, 0.29) is 16.7 Å². The molecule has 29 heavy (non-hydrogen) atoms. The number of primary amides is 1. The second-order valence-electron chi connectivity index (χ2n) is 7.05. The highest BCUT2D eigenvalue weighted by atomic mass is 32.1. The van der Waals surface area contributed by atoms with Gasteiger partial charge in [0.25, 0.3) is 11.8 Å². The molecule has 0 unspecified atom stereocenters. The number of nitrogens with one attached hydrogen (secondary N) is 2. The van der Waals surface area contributed by atoms with Crippen LogP contribution in [0.2, 0.25) is 0 Å². The Labute approximate surface area is 170 Å². The number of hydrogen-bond acceptors (Lipinski definition) is 7. The van der Waals surface area contributed by atoms with Gasteiger partial charge in [-0.05, 0) is 24.5 Å². The van der Waals surface area contributed by atoms with Gasteiger partial charge in [-0.3, -0.25) is 4.79 Å². The molecule has 4 N–H and O–H groups in total. The lowest BCUT2D eigenvalue weighted by Crippen LogP contribution is -2.25. The largest absolute Gasteiger partial charge is 0.365 e. The number of carbonyl (C=O) groups is 2. The van der Waals surface area contributed by atoms with Crippen LogP contribution in [0.5, 0.6) is 5.88 Å². The van der Waals surface area contributed by atoms with Gasteiger partial charge in [0.15, 0.2) is 0 Å². The van der Waals surface area contributed by atoms with E-state index < -0.39 is 11.9 Å². The average molecular weight is 413 g/mol. The number of urea groups is 1. The molecule has 0 fully saturated rings. The summed E-state index contributed by atoms with van der Waals surface area (Å²) in [5.41, 5.74) is 8.47. The topological polar surface area (TPSA) is 128 Å². The molecule has 0 atom stereocenters. The first-order valence-electron chi connectivity index (χ1n) is 8.95. The molecule has 4 heterocycles. The quantitative estimate of drug-likeness (QED) is 0.418. The maximum atomic E-state index is 12.3. The molecule has 0 aromatic carbocycles. The van der Waals surface area contributed by atoms with E-state index in [4.69, 9.17) is 15.5 Å². The SMILES string of the molecule is Cc1ccnc(OOCC(C)C)c1-c1cnc2sc(C(N)=O)c3c2c1NC(=O)N3. The minimum absolute atomic E-state index is 0.250. The molecule has 0 spiro atoms. The van der Waals surface area contributed by atoms with Crippen LogP contribution in [0.25, 0.3) is 21.3 Å². The third-order valence-electron chi connectivity index (χ3n) is 4.35. The van der Waals surface area contributed by atoms with Crippen LogP contribution in [0.4, 0.5) is 16.2 Å². The Morgan fingerprint density at radius 3 is 2.76 bits per heavy atom. The number of aromatic nitrogens is 2. The van der Waals surface area contributed by atoms with Crippen LogP contribution in [-0.2, 0) is 4.89 Å². The number of rotatable bonds is 6. The Hall–Kier alpha value is -3.24. The van der Waals surface area contributed by atoms with E-state index in [0.717, 1.165) is 16.9 Å². The lowest BCUT2D eigenvalue weighted by Gasteiger charge is -2.20. The Bertz CT molecular complexity index is 1140. The Morgan fingerprint density at radius 1 is 1.28 bits per heavy atom. The van der Waals surface area contributed by atoms with Crippen molar-refractivity contribution in [1.82, 2.24) is 9.97 Å². The third kappa shape index (κ3) is 3.36. The third-order valence-corrected chi connectivity index (χ3v) is 5.47. The molecule has 0 aliphatic carbocycles. The number of aryl methyl sites for hydroxylation is 1. The average Bonchev–Trinajstić information content (AvgIpc) is 3.02. The first-order valence-corrected chi connectivity index (χ1v) is 9.77. The standard InChI is InChI=1S/C19H19N5O4S/c1-8(2)7-27-28-17-11(9(3)4-5-21-17)10-6-22-18-12-13(10)23-19(26)24-14(12)15(29-18)16(20)25/h4-6,8H,7H2,1-3H3,(H2,20,25)(H2,23,24,26). The number of hydrogen-bond donors (Lipinski definition) is 3. The maximum absolute atomic E-state index is 12.3. The smallest absolute Gasteiger partial charge is 0.323 e. The lowest BCUT2D eigenvalue weighted by molar-refractivity contribution is -0.216. The van der Waals surface area contributed by atoms with Gasteiger partial charge in [0.1, 0.15) is 9.71 Å². The van der Waals surface area contributed by atoms with Gasteiger partial charge in [-0.25, -0.2) is 14.8 Å². The van der Waals surface area contributed by atoms with Gasteiger partial charge in [0.05, 0.1) is 28.9 Å². The Kier molecular flexibility index (Phi) is 4.81. The van der Waals surface area contributed by atoms with Crippen molar-refractivity contribution >= 4 is 44.9 Å². The van der Waals surface area contributed by atoms with Crippen LogP contribution in [0.1, 0.15) is 29.1 Å². The van der Waals surface area contributed by atoms with Crippen LogP contribution in [0.15, 0.2) is 18.5 Å². The van der Waals surface area contributed by atoms with Crippen molar-refractivity contribution in [2.75, 3.05) is 17.2 Å². The van der Waals surface area contributed by atoms with Crippen molar-refractivity contribution < 1.29 is 19.4 Å². The zero-order valence-electron chi connectivity index (χ0n) is 16.0. The molecule has 1 aliphatic heterocycles. The monoisotopic (exact) mass is 413 g/mol. The van der Waals surface area contributed by atoms with E-state index in [2.05, 4.69) is 20.6 Å². The molecule has 0 saturated carbocycles. The van der Waals surface area contributed by atoms with E-state index in [9.17, 15) is 9.59 Å². The number of anilines is 2. The first-order chi connectivity index (χ1) is 13.9. The molecule has 150 valence electrons. The molecule has 9 nitrogen and oxygen atoms in total. The van der Waals surface area contributed by atoms with E-state index >= 15 is 0 Å². The summed E-state index contributed by atoms with van der Waals surface area (Å²) in [6.45, 7) is 6.31. The first kappa shape index (κ1) is 19.1. The fraction of sp³-hybridized carbons (Fsp3) is 0.263. The van der Waals surface area contributed by atoms with Gasteiger partial charge in [0.2, 0.25) is 0 Å². The van der Waals surface area contributed by atoms with Crippen molar-refractivity contribution in [2.45, 2.75) is 20.8 Å². The number of carbonyl (C=O) groups excluding carboxylic acids is 2. The summed E-state index contributed by atoms with van der Waals surface area (Å²) < 4.78 is 0. The predicted octanol–water partition coefficient (Wildman–Crippen LogP) is 3.69. The highest BCUT2D eigenvalue weighted by Crippen LogP contribution is 2.47. The van der Waals surface area contributed by atoms with Gasteiger partial charge in [-0.15, -0.1) is 11.3 Å². The summed E-state index contributed by atoms with van der Waals surface area (Å²) in [4.78, 5) is 44.5. The number of nitrogens with zero attached hydrogens (tertiary/aromatic N) is 2. The zero-order chi connectivity index (χ0) is 20.7. The molecule has 0 saturated heterocycles. The minimum Gasteiger partial charge on any atom is -0.365 e. The number of amides is 3. The highest BCUT2D eigenvalue weighted by molar-refractivity contribution is 7.21. The number of nitrogens with two attached hydrogens (primary N) is 1. The lowest BCUT2D eigenvalue weighted by atomic mass is 9.99. The second kappa shape index (κ2) is 7.30. The van der Waals surface area contributed by atoms with E-state index in [1.54, 1.807) is 12.4 Å². The van der Waals surface area contributed by atoms with Crippen molar-refractivity contribution in [3.05, 3.63) is 28.9 Å². The van der Waals surface area contributed by atoms with Gasteiger partial charge >= 0.3 is 6.03 Å². The van der Waals surface area contributed by atoms with E-state index in [1.807, 2.05) is 26.8 Å². The molecule has 3 aromatic heterocycles. The second-order valence-corrected chi connectivity index (χ2v) is 8.05. The van der Waals surface area contributed by atoms with Crippen molar-refractivity contribution in [1.29, 1.82) is 0 Å². The summed E-state index contributed by atoms with van der Waals surface area (Å²) in [7, 11) is 0. The van der Waals surface area contributed by atoms with E-state index in [0.29, 0.717) is 39.3 Å². The normalized spacial score (nSPS) is 12.8. The van der Waals surface area contributed by atoms with Gasteiger partial charge < -0.3 is 21.3 Å². The van der Waals surface area contributed by atoms with Crippen molar-refractivity contribution in [3.63, 3.8) is 0 Å². The molecule has 10 heteroatoms. The van der Waals surface area contributed by atoms with Gasteiger partial charge in [0, 0.05) is 18.0 Å². The number of thiophene rings is 1. The predicted molar refractivity (Wildman–Crippen MR) is 110 cm³/mol. The fourth-order valence-corrected chi connectivity index (χ4v) is 4.05. The van der Waals surface area contributed by atoms with Gasteiger partial charge in [-0.1, -0.05) is 13.8 Å². The maximum Gasteiger partial charge on any atom is 0.323 e. The molecular formula is C19H19N5O4S. The molecule has 0 radical (unpaired) electrons. The van der Waals surface area contributed by atoms with Crippen LogP contribution >= 0.6 is 11.3 Å². The zero-order valence-corrected chi connectivity index (χ0v) is 16.8. The fourth-order valence-electron chi connectivity index (χ4n) is 3.08. The van der Waals surface area contributed by atoms with E-state index in [1.165, 1.54) is 0 Å². The summed E-state index contributed by atoms with van der Waals surface area (Å²) in [6, 6.07) is 1.36. The summed E-state index contributed by atoms with van der Waals surface area (Å²) >= 11 is 1.13. The summed E-state index contributed by atoms with van der Waals surface area (Å²) in [6.07, 6.45) is 3.24. The van der Waals surface area contributed by atoms with Gasteiger partial charge in [-0.2, -0.15) is 4.89 Å². The summed E-state index contributed by atoms with van der Waals surface area (Å²) in [5.74, 6) is -0.0718. The van der Waals surface area contributed by atoms with Crippen LogP contribution in [0, 0.1) is 12.8 Å². The molecule has 0 bridgehead atoms. The Morgan fingerprint density at radius 2 is 2.03 bits per heavy atom. The molecule has 3 aromatic rings. The highest BCUT2D eigenvalue weighted by Gasteiger charge is 2.29. The van der Waals surface area contributed by atoms with Crippen LogP contribution < -0.4 is 21.3 Å². The summed E-state index contributed by atoms with van der Waals surface area (Å²) in [5, 5.41) is 6.09. The minimum atomic E-state index is -0.624. The van der Waals surface area contributed by atoms with Crippen LogP contribution in [0.3, 0.4) is 0 Å². The molecule has 3 amide bonds.